The Bertz CT molecular complexity index is 2020. The number of thioether (sulfide) groups is 1. The number of hydrogen-bond acceptors (Lipinski definition) is 7. The van der Waals surface area contributed by atoms with Crippen LogP contribution in [0.15, 0.2) is 144 Å². The lowest BCUT2D eigenvalue weighted by Gasteiger charge is -2.18. The molecule has 0 bridgehead atoms. The molecular weight excluding hydrogens is 644 g/mol. The van der Waals surface area contributed by atoms with Gasteiger partial charge in [-0.1, -0.05) is 60.7 Å². The van der Waals surface area contributed by atoms with Crippen molar-refractivity contribution in [2.24, 2.45) is 0 Å². The van der Waals surface area contributed by atoms with Crippen LogP contribution in [0.1, 0.15) is 37.1 Å². The fourth-order valence-electron chi connectivity index (χ4n) is 4.63. The first-order chi connectivity index (χ1) is 23.7. The number of benzene rings is 5. The molecule has 1 unspecified atom stereocenters. The second kappa shape index (κ2) is 15.8. The van der Waals surface area contributed by atoms with Crippen molar-refractivity contribution in [3.05, 3.63) is 172 Å². The summed E-state index contributed by atoms with van der Waals surface area (Å²) >= 11 is 1.27. The summed E-state index contributed by atoms with van der Waals surface area (Å²) in [4.78, 5) is 62.8. The van der Waals surface area contributed by atoms with Crippen molar-refractivity contribution in [3.8, 4) is 0 Å². The maximum absolute atomic E-state index is 13.5. The van der Waals surface area contributed by atoms with Gasteiger partial charge in [-0.2, -0.15) is 0 Å². The lowest BCUT2D eigenvalue weighted by Crippen LogP contribution is -2.30. The third kappa shape index (κ3) is 9.05. The molecule has 0 saturated carbocycles. The Hall–Kier alpha value is -6.53. The number of hydrogen-bond donors (Lipinski definition) is 4. The topological polar surface area (TPSA) is 168 Å². The van der Waals surface area contributed by atoms with Crippen LogP contribution in [0.3, 0.4) is 0 Å². The molecule has 244 valence electrons. The van der Waals surface area contributed by atoms with E-state index in [1.807, 2.05) is 30.3 Å². The minimum Gasteiger partial charge on any atom is -0.478 e. The van der Waals surface area contributed by atoms with Crippen molar-refractivity contribution in [2.45, 2.75) is 10.1 Å². The fraction of sp³-hybridized carbons (Fsp3) is 0.0270. The van der Waals surface area contributed by atoms with Gasteiger partial charge in [0.05, 0.1) is 16.1 Å². The maximum atomic E-state index is 13.5. The largest absolute Gasteiger partial charge is 0.478 e. The average molecular weight is 673 g/mol. The van der Waals surface area contributed by atoms with Crippen LogP contribution in [0.4, 0.5) is 17.1 Å². The highest BCUT2D eigenvalue weighted by Crippen LogP contribution is 2.37. The van der Waals surface area contributed by atoms with Crippen LogP contribution in [-0.2, 0) is 9.59 Å². The molecule has 0 spiro atoms. The van der Waals surface area contributed by atoms with Crippen molar-refractivity contribution in [2.75, 3.05) is 10.6 Å². The Labute approximate surface area is 284 Å². The minimum atomic E-state index is -1.07. The Balaban J connectivity index is 1.35. The van der Waals surface area contributed by atoms with Crippen molar-refractivity contribution >= 4 is 58.6 Å². The molecule has 11 nitrogen and oxygen atoms in total. The van der Waals surface area contributed by atoms with Crippen LogP contribution in [-0.4, -0.2) is 33.7 Å². The fourth-order valence-corrected chi connectivity index (χ4v) is 5.65. The summed E-state index contributed by atoms with van der Waals surface area (Å²) in [6.07, 6.45) is 1.25. The number of anilines is 2. The summed E-state index contributed by atoms with van der Waals surface area (Å²) in [7, 11) is 0. The molecular formula is C37H28N4O7S. The third-order valence-electron chi connectivity index (χ3n) is 7.07. The molecule has 49 heavy (non-hydrogen) atoms. The first-order valence-corrected chi connectivity index (χ1v) is 15.6. The minimum absolute atomic E-state index is 0.0988. The van der Waals surface area contributed by atoms with Crippen LogP contribution >= 0.6 is 11.8 Å². The number of carboxylic acid groups (broad SMARTS) is 1. The number of carboxylic acids is 1. The molecule has 5 aromatic rings. The van der Waals surface area contributed by atoms with Gasteiger partial charge in [-0.05, 0) is 78.4 Å². The third-order valence-corrected chi connectivity index (χ3v) is 8.33. The molecule has 0 aliphatic heterocycles. The van der Waals surface area contributed by atoms with Gasteiger partial charge in [-0.3, -0.25) is 24.5 Å². The van der Waals surface area contributed by atoms with Crippen LogP contribution in [0.2, 0.25) is 0 Å². The van der Waals surface area contributed by atoms with Gasteiger partial charge in [0.2, 0.25) is 5.91 Å². The Morgan fingerprint density at radius 3 is 1.90 bits per heavy atom. The zero-order chi connectivity index (χ0) is 34.8. The molecule has 0 aromatic heterocycles. The van der Waals surface area contributed by atoms with Gasteiger partial charge in [-0.15, -0.1) is 11.8 Å². The molecule has 3 amide bonds. The van der Waals surface area contributed by atoms with Crippen molar-refractivity contribution in [3.63, 3.8) is 0 Å². The number of rotatable bonds is 12. The number of nitrogens with zero attached hydrogens (tertiary/aromatic N) is 1. The summed E-state index contributed by atoms with van der Waals surface area (Å²) in [5.74, 6) is -2.68. The number of nitro benzene ring substituents is 1. The average Bonchev–Trinajstić information content (AvgIpc) is 3.12. The number of carbonyl (C=O) groups excluding carboxylic acids is 3. The Morgan fingerprint density at radius 1 is 0.694 bits per heavy atom. The molecule has 0 aliphatic rings. The van der Waals surface area contributed by atoms with Crippen LogP contribution in [0, 0.1) is 10.1 Å². The lowest BCUT2D eigenvalue weighted by molar-refractivity contribution is -0.385. The highest BCUT2D eigenvalue weighted by Gasteiger charge is 2.23. The molecule has 1 atom stereocenters. The zero-order valence-electron chi connectivity index (χ0n) is 25.6. The predicted molar refractivity (Wildman–Crippen MR) is 187 cm³/mol. The maximum Gasteiger partial charge on any atom is 0.335 e. The standard InChI is InChI=1S/C37H28N4O7S/c42-34(25-11-5-2-6-12-25)40-31(23-27-13-7-8-14-32(27)41(47)48)35(43)38-29-19-21-30(22-20-29)49-33(24-9-3-1-4-10-24)36(44)39-28-17-15-26(16-18-28)37(45)46/h1-23,33H,(H,38,43)(H,39,44)(H,40,42)(H,45,46)/b31-23-. The molecule has 0 heterocycles. The van der Waals surface area contributed by atoms with Gasteiger partial charge in [-0.25, -0.2) is 4.79 Å². The molecule has 0 radical (unpaired) electrons. The van der Waals surface area contributed by atoms with E-state index in [-0.39, 0.29) is 28.4 Å². The number of nitro groups is 1. The van der Waals surface area contributed by atoms with Crippen LogP contribution in [0.25, 0.3) is 6.08 Å². The Morgan fingerprint density at radius 2 is 1.27 bits per heavy atom. The molecule has 5 rings (SSSR count). The quantitative estimate of drug-likeness (QED) is 0.0468. The molecule has 4 N–H and O–H groups in total. The molecule has 0 saturated heterocycles. The monoisotopic (exact) mass is 672 g/mol. The van der Waals surface area contributed by atoms with Gasteiger partial charge < -0.3 is 21.1 Å². The van der Waals surface area contributed by atoms with Crippen LogP contribution in [0.5, 0.6) is 0 Å². The van der Waals surface area contributed by atoms with Gasteiger partial charge in [0.25, 0.3) is 17.5 Å². The van der Waals surface area contributed by atoms with E-state index in [1.54, 1.807) is 60.7 Å². The molecule has 12 heteroatoms. The van der Waals surface area contributed by atoms with Gasteiger partial charge in [0, 0.05) is 27.9 Å². The summed E-state index contributed by atoms with van der Waals surface area (Å²) in [5.41, 5.74) is 1.62. The van der Waals surface area contributed by atoms with E-state index in [1.165, 1.54) is 60.3 Å². The normalized spacial score (nSPS) is 11.6. The van der Waals surface area contributed by atoms with Gasteiger partial charge in [0.15, 0.2) is 0 Å². The van der Waals surface area contributed by atoms with E-state index >= 15 is 0 Å². The van der Waals surface area contributed by atoms with E-state index < -0.39 is 28.0 Å². The number of nitrogens with one attached hydrogen (secondary N) is 3. The summed E-state index contributed by atoms with van der Waals surface area (Å²) in [6.45, 7) is 0. The lowest BCUT2D eigenvalue weighted by atomic mass is 10.1. The van der Waals surface area contributed by atoms with Crippen molar-refractivity contribution in [1.29, 1.82) is 0 Å². The highest BCUT2D eigenvalue weighted by molar-refractivity contribution is 8.00. The summed E-state index contributed by atoms with van der Waals surface area (Å²) in [5, 5.41) is 28.2. The van der Waals surface area contributed by atoms with E-state index in [9.17, 15) is 29.3 Å². The number of aromatic carboxylic acids is 1. The second-order valence-corrected chi connectivity index (χ2v) is 11.6. The number of para-hydroxylation sites is 1. The first kappa shape index (κ1) is 33.8. The van der Waals surface area contributed by atoms with E-state index in [0.29, 0.717) is 21.8 Å². The van der Waals surface area contributed by atoms with E-state index in [0.717, 1.165) is 5.56 Å². The number of carbonyl (C=O) groups is 4. The van der Waals surface area contributed by atoms with E-state index in [2.05, 4.69) is 16.0 Å². The van der Waals surface area contributed by atoms with Crippen molar-refractivity contribution in [1.82, 2.24) is 5.32 Å². The van der Waals surface area contributed by atoms with Gasteiger partial charge >= 0.3 is 5.97 Å². The zero-order valence-corrected chi connectivity index (χ0v) is 26.4. The smallest absolute Gasteiger partial charge is 0.335 e. The molecule has 0 fully saturated rings. The van der Waals surface area contributed by atoms with Crippen molar-refractivity contribution < 1.29 is 29.2 Å². The SMILES string of the molecule is O=C(Nc1ccc(SC(C(=O)Nc2ccc(C(=O)O)cc2)c2ccccc2)cc1)/C(=C/c1ccccc1[N+](=O)[O-])NC(=O)c1ccccc1. The molecule has 0 aliphatic carbocycles. The Kier molecular flexibility index (Phi) is 10.9. The van der Waals surface area contributed by atoms with Crippen LogP contribution < -0.4 is 16.0 Å². The highest BCUT2D eigenvalue weighted by atomic mass is 32.2. The number of amides is 3. The van der Waals surface area contributed by atoms with Gasteiger partial charge in [0.1, 0.15) is 10.9 Å². The first-order valence-electron chi connectivity index (χ1n) is 14.8. The predicted octanol–water partition coefficient (Wildman–Crippen LogP) is 7.17. The van der Waals surface area contributed by atoms with E-state index in [4.69, 9.17) is 5.11 Å². The molecule has 5 aromatic carbocycles. The summed E-state index contributed by atoms with van der Waals surface area (Å²) in [6, 6.07) is 35.8. The second-order valence-electron chi connectivity index (χ2n) is 10.5. The summed E-state index contributed by atoms with van der Waals surface area (Å²) < 4.78 is 0.